The summed E-state index contributed by atoms with van der Waals surface area (Å²) in [6.07, 6.45) is 0. The van der Waals surface area contributed by atoms with Crippen molar-refractivity contribution < 1.29 is 14.2 Å². The number of aliphatic hydroxyl groups is 1. The maximum absolute atomic E-state index is 10.3. The molecule has 3 aromatic carbocycles. The largest absolute Gasteiger partial charge is 0.456 e. The summed E-state index contributed by atoms with van der Waals surface area (Å²) in [5.41, 5.74) is 0.794. The van der Waals surface area contributed by atoms with Crippen molar-refractivity contribution in [2.45, 2.75) is 38.9 Å². The maximum atomic E-state index is 10.3. The van der Waals surface area contributed by atoms with Gasteiger partial charge in [-0.3, -0.25) is 0 Å². The van der Waals surface area contributed by atoms with Crippen LogP contribution < -0.4 is 5.46 Å². The van der Waals surface area contributed by atoms with E-state index in [0.717, 1.165) is 32.8 Å². The second kappa shape index (κ2) is 6.27. The summed E-state index contributed by atoms with van der Waals surface area (Å²) in [5, 5.41) is 15.3. The molecule has 0 saturated heterocycles. The first-order valence-electron chi connectivity index (χ1n) is 9.06. The fraction of sp³-hybridized carbons (Fsp3) is 0.273. The Morgan fingerprint density at radius 1 is 0.963 bits per heavy atom. The van der Waals surface area contributed by atoms with Crippen LogP contribution in [0.15, 0.2) is 52.9 Å². The second-order valence-electron chi connectivity index (χ2n) is 8.06. The van der Waals surface area contributed by atoms with E-state index in [2.05, 4.69) is 18.2 Å². The lowest BCUT2D eigenvalue weighted by Crippen LogP contribution is -2.49. The van der Waals surface area contributed by atoms with Crippen LogP contribution >= 0.6 is 11.6 Å². The Labute approximate surface area is 164 Å². The predicted octanol–water partition coefficient (Wildman–Crippen LogP) is 4.94. The van der Waals surface area contributed by atoms with E-state index in [1.807, 2.05) is 44.2 Å². The molecule has 4 aromatic rings. The molecule has 0 bridgehead atoms. The van der Waals surface area contributed by atoms with Crippen molar-refractivity contribution >= 4 is 57.3 Å². The number of hydrogen-bond donors (Lipinski definition) is 1. The van der Waals surface area contributed by atoms with Crippen molar-refractivity contribution in [3.63, 3.8) is 0 Å². The van der Waals surface area contributed by atoms with Crippen molar-refractivity contribution in [3.05, 3.63) is 53.6 Å². The zero-order chi connectivity index (χ0) is 19.4. The number of furan rings is 1. The van der Waals surface area contributed by atoms with Gasteiger partial charge in [0.15, 0.2) is 0 Å². The SMILES string of the molecule is CC(C)(O)C(C)(C)OBc1cc2c(cc1Cl)oc1ccc3ccccc3c12. The van der Waals surface area contributed by atoms with E-state index in [1.54, 1.807) is 13.8 Å². The summed E-state index contributed by atoms with van der Waals surface area (Å²) in [4.78, 5) is 0. The zero-order valence-electron chi connectivity index (χ0n) is 16.0. The molecule has 0 atom stereocenters. The summed E-state index contributed by atoms with van der Waals surface area (Å²) in [6.45, 7) is 7.24. The highest BCUT2D eigenvalue weighted by Crippen LogP contribution is 2.35. The molecule has 0 amide bonds. The van der Waals surface area contributed by atoms with Gasteiger partial charge in [0.1, 0.15) is 11.2 Å². The minimum absolute atomic E-state index is 0.309. The highest BCUT2D eigenvalue weighted by atomic mass is 35.5. The van der Waals surface area contributed by atoms with Crippen molar-refractivity contribution in [2.75, 3.05) is 0 Å². The summed E-state index contributed by atoms with van der Waals surface area (Å²) in [5.74, 6) is 0. The van der Waals surface area contributed by atoms with E-state index in [0.29, 0.717) is 12.5 Å². The molecule has 0 unspecified atom stereocenters. The van der Waals surface area contributed by atoms with Gasteiger partial charge in [-0.1, -0.05) is 48.0 Å². The van der Waals surface area contributed by atoms with Crippen LogP contribution in [0.3, 0.4) is 0 Å². The predicted molar refractivity (Wildman–Crippen MR) is 114 cm³/mol. The molecule has 4 rings (SSSR count). The zero-order valence-corrected chi connectivity index (χ0v) is 16.7. The molecule has 0 aliphatic rings. The molecular weight excluding hydrogens is 359 g/mol. The summed E-state index contributed by atoms with van der Waals surface area (Å²) < 4.78 is 12.1. The third-order valence-electron chi connectivity index (χ3n) is 5.59. The normalized spacial score (nSPS) is 13.0. The van der Waals surface area contributed by atoms with E-state index in [4.69, 9.17) is 20.7 Å². The molecule has 3 nitrogen and oxygen atoms in total. The van der Waals surface area contributed by atoms with E-state index >= 15 is 0 Å². The molecule has 0 spiro atoms. The Morgan fingerprint density at radius 2 is 1.70 bits per heavy atom. The molecule has 27 heavy (non-hydrogen) atoms. The van der Waals surface area contributed by atoms with Crippen molar-refractivity contribution in [1.82, 2.24) is 0 Å². The quantitative estimate of drug-likeness (QED) is 0.510. The van der Waals surface area contributed by atoms with E-state index in [1.165, 1.54) is 5.39 Å². The summed E-state index contributed by atoms with van der Waals surface area (Å²) >= 11 is 6.49. The topological polar surface area (TPSA) is 42.6 Å². The molecule has 1 heterocycles. The monoisotopic (exact) mass is 380 g/mol. The highest BCUT2D eigenvalue weighted by Gasteiger charge is 2.35. The Bertz CT molecular complexity index is 1160. The van der Waals surface area contributed by atoms with E-state index in [-0.39, 0.29) is 0 Å². The fourth-order valence-electron chi connectivity index (χ4n) is 3.16. The molecule has 0 radical (unpaired) electrons. The molecule has 138 valence electrons. The number of benzene rings is 3. The van der Waals surface area contributed by atoms with Gasteiger partial charge in [0.25, 0.3) is 0 Å². The van der Waals surface area contributed by atoms with Gasteiger partial charge in [0.2, 0.25) is 0 Å². The van der Waals surface area contributed by atoms with Crippen LogP contribution in [0.4, 0.5) is 0 Å². The first-order valence-corrected chi connectivity index (χ1v) is 9.44. The van der Waals surface area contributed by atoms with Gasteiger partial charge >= 0.3 is 7.48 Å². The standard InChI is InChI=1S/C22H22BClO3/c1-21(2,25)22(3,4)27-23-16-11-15-19(12-17(16)24)26-18-10-9-13-7-5-6-8-14(13)20(15)18/h5-12,23,25H,1-4H3. The Balaban J connectivity index is 1.84. The maximum Gasteiger partial charge on any atom is 0.310 e. The number of fused-ring (bicyclic) bond motifs is 5. The lowest BCUT2D eigenvalue weighted by Gasteiger charge is -2.37. The highest BCUT2D eigenvalue weighted by molar-refractivity contribution is 6.54. The van der Waals surface area contributed by atoms with Gasteiger partial charge < -0.3 is 14.2 Å². The van der Waals surface area contributed by atoms with Gasteiger partial charge in [0.05, 0.1) is 11.2 Å². The van der Waals surface area contributed by atoms with Crippen molar-refractivity contribution in [2.24, 2.45) is 0 Å². The number of hydrogen-bond acceptors (Lipinski definition) is 3. The molecule has 1 N–H and O–H groups in total. The van der Waals surface area contributed by atoms with E-state index in [9.17, 15) is 5.11 Å². The number of halogens is 1. The molecule has 0 saturated carbocycles. The fourth-order valence-corrected chi connectivity index (χ4v) is 3.37. The number of rotatable bonds is 4. The smallest absolute Gasteiger partial charge is 0.310 e. The average molecular weight is 381 g/mol. The molecule has 5 heteroatoms. The van der Waals surface area contributed by atoms with Crippen LogP contribution in [-0.2, 0) is 4.65 Å². The van der Waals surface area contributed by atoms with E-state index < -0.39 is 11.2 Å². The lowest BCUT2D eigenvalue weighted by molar-refractivity contribution is -0.0893. The molecular formula is C22H22BClO3. The third-order valence-corrected chi connectivity index (χ3v) is 5.94. The van der Waals surface area contributed by atoms with Crippen LogP contribution in [0.25, 0.3) is 32.7 Å². The Kier molecular flexibility index (Phi) is 4.26. The van der Waals surface area contributed by atoms with Crippen LogP contribution in [0.5, 0.6) is 0 Å². The molecule has 0 fully saturated rings. The Hall–Kier alpha value is -2.01. The third kappa shape index (κ3) is 3.12. The minimum Gasteiger partial charge on any atom is -0.456 e. The molecule has 1 aromatic heterocycles. The van der Waals surface area contributed by atoms with Crippen LogP contribution in [-0.4, -0.2) is 23.8 Å². The van der Waals surface area contributed by atoms with Gasteiger partial charge in [-0.25, -0.2) is 0 Å². The Morgan fingerprint density at radius 3 is 2.44 bits per heavy atom. The van der Waals surface area contributed by atoms with Gasteiger partial charge in [-0.15, -0.1) is 0 Å². The second-order valence-corrected chi connectivity index (χ2v) is 8.47. The molecule has 0 aliphatic heterocycles. The van der Waals surface area contributed by atoms with Crippen molar-refractivity contribution in [3.8, 4) is 0 Å². The van der Waals surface area contributed by atoms with Crippen LogP contribution in [0.2, 0.25) is 5.02 Å². The summed E-state index contributed by atoms with van der Waals surface area (Å²) in [6, 6.07) is 16.2. The molecule has 0 aliphatic carbocycles. The minimum atomic E-state index is -0.970. The average Bonchev–Trinajstić information content (AvgIpc) is 2.96. The van der Waals surface area contributed by atoms with Crippen LogP contribution in [0.1, 0.15) is 27.7 Å². The van der Waals surface area contributed by atoms with Gasteiger partial charge in [-0.2, -0.15) is 0 Å². The van der Waals surface area contributed by atoms with Gasteiger partial charge in [-0.05, 0) is 56.1 Å². The van der Waals surface area contributed by atoms with Crippen molar-refractivity contribution in [1.29, 1.82) is 0 Å². The summed E-state index contributed by atoms with van der Waals surface area (Å²) in [7, 11) is 0.309. The van der Waals surface area contributed by atoms with Gasteiger partial charge in [0, 0.05) is 15.8 Å². The first kappa shape index (κ1) is 18.4. The lowest BCUT2D eigenvalue weighted by atomic mass is 9.82. The first-order chi connectivity index (χ1) is 12.7. The van der Waals surface area contributed by atoms with Crippen LogP contribution in [0, 0.1) is 0 Å².